The van der Waals surface area contributed by atoms with Crippen LogP contribution in [0.15, 0.2) is 48.8 Å². The van der Waals surface area contributed by atoms with Crippen LogP contribution in [-0.2, 0) is 12.9 Å². The van der Waals surface area contributed by atoms with Gasteiger partial charge in [0.15, 0.2) is 12.9 Å². The minimum absolute atomic E-state index is 0.220. The van der Waals surface area contributed by atoms with Crippen molar-refractivity contribution in [3.8, 4) is 6.01 Å². The molecule has 0 aliphatic heterocycles. The van der Waals surface area contributed by atoms with E-state index in [1.54, 1.807) is 36.7 Å². The summed E-state index contributed by atoms with van der Waals surface area (Å²) in [6.07, 6.45) is 3.20. The van der Waals surface area contributed by atoms with Gasteiger partial charge in [0.1, 0.15) is 0 Å². The van der Waals surface area contributed by atoms with Crippen LogP contribution in [0.4, 0.5) is 0 Å². The SMILES string of the molecule is O=C([O-])c1ccccc1.[SH2+]Oc1ncccn1. The number of carbonyl (C=O) groups excluding carboxylic acids is 1. The second kappa shape index (κ2) is 7.24. The average molecular weight is 250 g/mol. The first-order chi connectivity index (χ1) is 8.24. The van der Waals surface area contributed by atoms with E-state index in [0.717, 1.165) is 0 Å². The van der Waals surface area contributed by atoms with Crippen LogP contribution in [0.3, 0.4) is 0 Å². The maximum atomic E-state index is 10.1. The fraction of sp³-hybridized carbons (Fsp3) is 0. The first-order valence-electron chi connectivity index (χ1n) is 4.61. The lowest BCUT2D eigenvalue weighted by atomic mass is 10.2. The lowest BCUT2D eigenvalue weighted by Crippen LogP contribution is -2.21. The molecule has 0 spiro atoms. The molecule has 0 saturated carbocycles. The fourth-order valence-electron chi connectivity index (χ4n) is 0.912. The maximum Gasteiger partial charge on any atom is 0.375 e. The molecule has 0 atom stereocenters. The van der Waals surface area contributed by atoms with E-state index in [-0.39, 0.29) is 5.56 Å². The normalized spacial score (nSPS) is 8.76. The van der Waals surface area contributed by atoms with Crippen LogP contribution in [0.25, 0.3) is 0 Å². The molecule has 6 heteroatoms. The molecule has 5 nitrogen and oxygen atoms in total. The van der Waals surface area contributed by atoms with E-state index in [9.17, 15) is 9.90 Å². The Kier molecular flexibility index (Phi) is 5.53. The number of rotatable bonds is 2. The summed E-state index contributed by atoms with van der Waals surface area (Å²) in [6.45, 7) is 0. The Balaban J connectivity index is 0.000000171. The summed E-state index contributed by atoms with van der Waals surface area (Å²) in [5, 5.41) is 10.1. The molecule has 0 aliphatic carbocycles. The minimum atomic E-state index is -1.13. The second-order valence-electron chi connectivity index (χ2n) is 2.79. The zero-order chi connectivity index (χ0) is 12.5. The lowest BCUT2D eigenvalue weighted by molar-refractivity contribution is -0.255. The van der Waals surface area contributed by atoms with Crippen LogP contribution in [0, 0.1) is 0 Å². The summed E-state index contributed by atoms with van der Waals surface area (Å²) < 4.78 is 4.50. The van der Waals surface area contributed by atoms with E-state index in [2.05, 4.69) is 27.1 Å². The molecule has 1 aromatic carbocycles. The number of aromatic nitrogens is 2. The highest BCUT2D eigenvalue weighted by Crippen LogP contribution is 1.94. The van der Waals surface area contributed by atoms with Crippen molar-refractivity contribution in [2.75, 3.05) is 0 Å². The Morgan fingerprint density at radius 2 is 1.71 bits per heavy atom. The molecule has 0 fully saturated rings. The molecule has 0 radical (unpaired) electrons. The van der Waals surface area contributed by atoms with Crippen molar-refractivity contribution in [1.82, 2.24) is 9.97 Å². The molecule has 2 aromatic rings. The number of nitrogens with zero attached hydrogens (tertiary/aromatic N) is 2. The third-order valence-corrected chi connectivity index (χ3v) is 1.83. The van der Waals surface area contributed by atoms with Crippen molar-refractivity contribution in [1.29, 1.82) is 0 Å². The van der Waals surface area contributed by atoms with Gasteiger partial charge in [0, 0.05) is 12.4 Å². The molecule has 0 saturated heterocycles. The Bertz CT molecular complexity index is 451. The number of carboxylic acids is 1. The smallest absolute Gasteiger partial charge is 0.375 e. The van der Waals surface area contributed by atoms with E-state index < -0.39 is 5.97 Å². The summed E-state index contributed by atoms with van der Waals surface area (Å²) in [5.74, 6) is -1.13. The molecular weight excluding hydrogens is 240 g/mol. The van der Waals surface area contributed by atoms with Gasteiger partial charge < -0.3 is 9.90 Å². The molecule has 17 heavy (non-hydrogen) atoms. The number of hydrogen-bond donors (Lipinski definition) is 0. The molecule has 1 aromatic heterocycles. The number of hydrogen-bond acceptors (Lipinski definition) is 5. The van der Waals surface area contributed by atoms with Crippen molar-refractivity contribution >= 4 is 18.9 Å². The van der Waals surface area contributed by atoms with E-state index in [1.165, 1.54) is 12.1 Å². The zero-order valence-electron chi connectivity index (χ0n) is 8.74. The van der Waals surface area contributed by atoms with Crippen molar-refractivity contribution in [3.05, 3.63) is 54.4 Å². The molecule has 0 aliphatic rings. The van der Waals surface area contributed by atoms with Crippen LogP contribution in [0.2, 0.25) is 0 Å². The zero-order valence-corrected chi connectivity index (χ0v) is 9.74. The van der Waals surface area contributed by atoms with Gasteiger partial charge in [-0.25, -0.2) is 4.18 Å². The quantitative estimate of drug-likeness (QED) is 0.692. The molecule has 0 bridgehead atoms. The minimum Gasteiger partial charge on any atom is -0.545 e. The topological polar surface area (TPSA) is 75.1 Å². The van der Waals surface area contributed by atoms with Gasteiger partial charge in [0.05, 0.1) is 5.97 Å². The van der Waals surface area contributed by atoms with Gasteiger partial charge in [-0.15, -0.1) is 0 Å². The number of benzene rings is 1. The third kappa shape index (κ3) is 4.98. The lowest BCUT2D eigenvalue weighted by Gasteiger charge is -1.97. The van der Waals surface area contributed by atoms with E-state index in [1.807, 2.05) is 0 Å². The summed E-state index contributed by atoms with van der Waals surface area (Å²) in [5.41, 5.74) is 0.220. The largest absolute Gasteiger partial charge is 0.545 e. The van der Waals surface area contributed by atoms with Gasteiger partial charge in [-0.05, 0) is 11.6 Å². The monoisotopic (exact) mass is 250 g/mol. The van der Waals surface area contributed by atoms with E-state index in [0.29, 0.717) is 6.01 Å². The molecule has 1 heterocycles. The van der Waals surface area contributed by atoms with Gasteiger partial charge >= 0.3 is 6.01 Å². The standard InChI is InChI=1S/C7H6O2.C4H4N2OS/c8-7(9)6-4-2-1-3-5-6;8-7-4-5-2-1-3-6-4/h1-5H,(H,8,9);1-3,8H. The first kappa shape index (κ1) is 13.0. The Morgan fingerprint density at radius 3 is 2.06 bits per heavy atom. The van der Waals surface area contributed by atoms with Gasteiger partial charge in [-0.1, -0.05) is 30.3 Å². The van der Waals surface area contributed by atoms with Gasteiger partial charge in [0.25, 0.3) is 0 Å². The van der Waals surface area contributed by atoms with Gasteiger partial charge in [-0.2, -0.15) is 9.97 Å². The van der Waals surface area contributed by atoms with Gasteiger partial charge in [-0.3, -0.25) is 0 Å². The second-order valence-corrected chi connectivity index (χ2v) is 2.99. The Labute approximate surface area is 104 Å². The summed E-state index contributed by atoms with van der Waals surface area (Å²) >= 11 is 2.78. The predicted molar refractivity (Wildman–Crippen MR) is 63.6 cm³/mol. The predicted octanol–water partition coefficient (Wildman–Crippen LogP) is -0.168. The first-order valence-corrected chi connectivity index (χ1v) is 5.02. The highest BCUT2D eigenvalue weighted by Gasteiger charge is 1.90. The van der Waals surface area contributed by atoms with Crippen LogP contribution in [0.5, 0.6) is 6.01 Å². The summed E-state index contributed by atoms with van der Waals surface area (Å²) in [7, 11) is 0. The number of aromatic carboxylic acids is 1. The highest BCUT2D eigenvalue weighted by molar-refractivity contribution is 7.53. The molecule has 0 N–H and O–H groups in total. The molecule has 88 valence electrons. The van der Waals surface area contributed by atoms with Crippen LogP contribution >= 0.6 is 0 Å². The number of carboxylic acid groups (broad SMARTS) is 1. The highest BCUT2D eigenvalue weighted by atomic mass is 32.1. The molecule has 0 unspecified atom stereocenters. The Hall–Kier alpha value is -2.08. The summed E-state index contributed by atoms with van der Waals surface area (Å²) in [4.78, 5) is 17.5. The van der Waals surface area contributed by atoms with Crippen LogP contribution < -0.4 is 9.29 Å². The van der Waals surface area contributed by atoms with Crippen LogP contribution in [-0.4, -0.2) is 15.9 Å². The summed E-state index contributed by atoms with van der Waals surface area (Å²) in [6, 6.07) is 10.1. The van der Waals surface area contributed by atoms with Crippen molar-refractivity contribution < 1.29 is 14.1 Å². The fourth-order valence-corrected chi connectivity index (χ4v) is 1.02. The van der Waals surface area contributed by atoms with Gasteiger partial charge in [0.2, 0.25) is 0 Å². The Morgan fingerprint density at radius 1 is 1.12 bits per heavy atom. The van der Waals surface area contributed by atoms with E-state index in [4.69, 9.17) is 0 Å². The van der Waals surface area contributed by atoms with Crippen LogP contribution in [0.1, 0.15) is 10.4 Å². The van der Waals surface area contributed by atoms with Crippen molar-refractivity contribution in [2.45, 2.75) is 0 Å². The van der Waals surface area contributed by atoms with Crippen molar-refractivity contribution in [2.24, 2.45) is 0 Å². The average Bonchev–Trinajstić information content (AvgIpc) is 2.41. The third-order valence-electron chi connectivity index (χ3n) is 1.64. The van der Waals surface area contributed by atoms with Crippen molar-refractivity contribution in [3.63, 3.8) is 0 Å². The maximum absolute atomic E-state index is 10.1. The molecule has 2 rings (SSSR count). The molecule has 0 amide bonds. The number of carbonyl (C=O) groups is 1. The molecular formula is C11H10N2O3S. The van der Waals surface area contributed by atoms with E-state index >= 15 is 0 Å².